The summed E-state index contributed by atoms with van der Waals surface area (Å²) in [6.45, 7) is 0.623. The zero-order valence-corrected chi connectivity index (χ0v) is 12.4. The number of carbonyl (C=O) groups is 1. The molecule has 7 heteroatoms. The lowest BCUT2D eigenvalue weighted by Crippen LogP contribution is -2.34. The van der Waals surface area contributed by atoms with Crippen LogP contribution in [0.5, 0.6) is 0 Å². The Kier molecular flexibility index (Phi) is 4.59. The molecule has 1 N–H and O–H groups in total. The van der Waals surface area contributed by atoms with Gasteiger partial charge in [-0.1, -0.05) is 12.1 Å². The Balaban J connectivity index is 1.49. The van der Waals surface area contributed by atoms with E-state index >= 15 is 0 Å². The number of hydrogen-bond acceptors (Lipinski definition) is 3. The molecule has 1 aliphatic heterocycles. The first-order valence-corrected chi connectivity index (χ1v) is 7.69. The van der Waals surface area contributed by atoms with Crippen LogP contribution < -0.4 is 5.48 Å². The molecule has 0 unspecified atom stereocenters. The summed E-state index contributed by atoms with van der Waals surface area (Å²) in [7, 11) is 0. The maximum absolute atomic E-state index is 12.5. The highest BCUT2D eigenvalue weighted by Crippen LogP contribution is 2.48. The quantitative estimate of drug-likeness (QED) is 0.862. The normalized spacial score (nSPS) is 27.5. The van der Waals surface area contributed by atoms with Gasteiger partial charge in [0.25, 0.3) is 0 Å². The van der Waals surface area contributed by atoms with Crippen molar-refractivity contribution in [3.05, 3.63) is 35.4 Å². The predicted octanol–water partition coefficient (Wildman–Crippen LogP) is 3.38. The Morgan fingerprint density at radius 3 is 2.57 bits per heavy atom. The van der Waals surface area contributed by atoms with Gasteiger partial charge in [-0.3, -0.25) is 4.79 Å². The van der Waals surface area contributed by atoms with E-state index in [0.717, 1.165) is 37.0 Å². The van der Waals surface area contributed by atoms with Crippen molar-refractivity contribution in [2.75, 3.05) is 6.61 Å². The molecule has 4 nitrogen and oxygen atoms in total. The molecule has 126 valence electrons. The predicted molar refractivity (Wildman–Crippen MR) is 75.1 cm³/mol. The van der Waals surface area contributed by atoms with Gasteiger partial charge in [-0.2, -0.15) is 13.2 Å². The number of carbonyl (C=O) groups excluding carboxylic acids is 1. The van der Waals surface area contributed by atoms with Crippen LogP contribution in [0.15, 0.2) is 24.3 Å². The van der Waals surface area contributed by atoms with Gasteiger partial charge < -0.3 is 4.74 Å². The van der Waals surface area contributed by atoms with Crippen molar-refractivity contribution in [1.82, 2.24) is 5.48 Å². The smallest absolute Gasteiger partial charge is 0.350 e. The van der Waals surface area contributed by atoms with Gasteiger partial charge in [0.15, 0.2) is 6.29 Å². The molecule has 0 bridgehead atoms. The standard InChI is InChI=1S/C16H18F3NO3/c17-16(18,19)11-6-4-10(5-7-11)12-9-13(12)15(21)20-23-14-3-1-2-8-22-14/h4-7,12-14H,1-3,8-9H2,(H,20,21)/t12-,13+,14+/m0/s1. The SMILES string of the molecule is O=C(NO[C@@H]1CCCCO1)[C@@H]1C[C@H]1c1ccc(C(F)(F)F)cc1. The maximum atomic E-state index is 12.5. The van der Waals surface area contributed by atoms with E-state index in [9.17, 15) is 18.0 Å². The van der Waals surface area contributed by atoms with E-state index in [4.69, 9.17) is 9.57 Å². The molecular formula is C16H18F3NO3. The summed E-state index contributed by atoms with van der Waals surface area (Å²) < 4.78 is 42.9. The Morgan fingerprint density at radius 1 is 1.22 bits per heavy atom. The summed E-state index contributed by atoms with van der Waals surface area (Å²) in [5.74, 6) is -0.549. The first kappa shape index (κ1) is 16.3. The molecule has 2 aliphatic rings. The molecule has 3 rings (SSSR count). The number of alkyl halides is 3. The van der Waals surface area contributed by atoms with Crippen LogP contribution in [0, 0.1) is 5.92 Å². The van der Waals surface area contributed by atoms with Gasteiger partial charge in [0, 0.05) is 18.9 Å². The number of ether oxygens (including phenoxy) is 1. The minimum atomic E-state index is -4.34. The monoisotopic (exact) mass is 329 g/mol. The molecule has 0 aromatic heterocycles. The third kappa shape index (κ3) is 4.03. The van der Waals surface area contributed by atoms with Crippen molar-refractivity contribution in [3.63, 3.8) is 0 Å². The number of hydrogen-bond donors (Lipinski definition) is 1. The van der Waals surface area contributed by atoms with Crippen molar-refractivity contribution in [1.29, 1.82) is 0 Å². The fourth-order valence-corrected chi connectivity index (χ4v) is 2.78. The van der Waals surface area contributed by atoms with Crippen LogP contribution in [0.25, 0.3) is 0 Å². The van der Waals surface area contributed by atoms with Crippen LogP contribution in [0.4, 0.5) is 13.2 Å². The van der Waals surface area contributed by atoms with Crippen LogP contribution in [0.2, 0.25) is 0 Å². The summed E-state index contributed by atoms with van der Waals surface area (Å²) in [6, 6.07) is 4.97. The van der Waals surface area contributed by atoms with Crippen LogP contribution in [-0.2, 0) is 20.5 Å². The van der Waals surface area contributed by atoms with Crippen molar-refractivity contribution in [2.45, 2.75) is 44.1 Å². The Bertz CT molecular complexity index is 553. The highest BCUT2D eigenvalue weighted by Gasteiger charge is 2.44. The molecule has 1 aromatic rings. The number of amides is 1. The van der Waals surface area contributed by atoms with Gasteiger partial charge in [0.05, 0.1) is 5.56 Å². The third-order valence-electron chi connectivity index (χ3n) is 4.22. The minimum Gasteiger partial charge on any atom is -0.350 e. The molecule has 1 aromatic carbocycles. The van der Waals surface area contributed by atoms with Crippen molar-refractivity contribution in [3.8, 4) is 0 Å². The van der Waals surface area contributed by atoms with Gasteiger partial charge in [-0.15, -0.1) is 0 Å². The van der Waals surface area contributed by atoms with Gasteiger partial charge in [-0.05, 0) is 42.9 Å². The summed E-state index contributed by atoms with van der Waals surface area (Å²) >= 11 is 0. The highest BCUT2D eigenvalue weighted by atomic mass is 19.4. The molecule has 1 aliphatic carbocycles. The van der Waals surface area contributed by atoms with Gasteiger partial charge in [0.2, 0.25) is 5.91 Å². The summed E-state index contributed by atoms with van der Waals surface area (Å²) in [6.07, 6.45) is -1.40. The second-order valence-electron chi connectivity index (χ2n) is 5.95. The van der Waals surface area contributed by atoms with Gasteiger partial charge in [0.1, 0.15) is 0 Å². The molecule has 1 heterocycles. The zero-order chi connectivity index (χ0) is 16.4. The second-order valence-corrected chi connectivity index (χ2v) is 5.95. The molecular weight excluding hydrogens is 311 g/mol. The Labute approximate surface area is 131 Å². The lowest BCUT2D eigenvalue weighted by atomic mass is 10.1. The summed E-state index contributed by atoms with van der Waals surface area (Å²) in [4.78, 5) is 17.2. The Hall–Kier alpha value is -1.60. The molecule has 0 radical (unpaired) electrons. The first-order chi connectivity index (χ1) is 10.9. The largest absolute Gasteiger partial charge is 0.416 e. The van der Waals surface area contributed by atoms with E-state index in [1.807, 2.05) is 0 Å². The lowest BCUT2D eigenvalue weighted by Gasteiger charge is -2.22. The van der Waals surface area contributed by atoms with Crippen LogP contribution >= 0.6 is 0 Å². The molecule has 2 fully saturated rings. The van der Waals surface area contributed by atoms with Crippen molar-refractivity contribution in [2.24, 2.45) is 5.92 Å². The van der Waals surface area contributed by atoms with Crippen LogP contribution in [0.1, 0.15) is 42.7 Å². The molecule has 23 heavy (non-hydrogen) atoms. The third-order valence-corrected chi connectivity index (χ3v) is 4.22. The van der Waals surface area contributed by atoms with E-state index in [1.54, 1.807) is 0 Å². The fraction of sp³-hybridized carbons (Fsp3) is 0.562. The second kappa shape index (κ2) is 6.49. The minimum absolute atomic E-state index is 0.0480. The average Bonchev–Trinajstić information content (AvgIpc) is 3.34. The molecule has 1 saturated heterocycles. The molecule has 3 atom stereocenters. The van der Waals surface area contributed by atoms with E-state index < -0.39 is 18.0 Å². The van der Waals surface area contributed by atoms with Gasteiger partial charge in [-0.25, -0.2) is 10.3 Å². The number of nitrogens with one attached hydrogen (secondary N) is 1. The number of halogens is 3. The Morgan fingerprint density at radius 2 is 1.96 bits per heavy atom. The topological polar surface area (TPSA) is 47.6 Å². The van der Waals surface area contributed by atoms with E-state index in [1.165, 1.54) is 12.1 Å². The number of rotatable bonds is 4. The average molecular weight is 329 g/mol. The lowest BCUT2D eigenvalue weighted by molar-refractivity contribution is -0.201. The fourth-order valence-electron chi connectivity index (χ4n) is 2.78. The molecule has 1 saturated carbocycles. The molecule has 1 amide bonds. The maximum Gasteiger partial charge on any atom is 0.416 e. The zero-order valence-electron chi connectivity index (χ0n) is 12.4. The molecule has 0 spiro atoms. The van der Waals surface area contributed by atoms with Crippen LogP contribution in [-0.4, -0.2) is 18.8 Å². The van der Waals surface area contributed by atoms with Crippen molar-refractivity contribution < 1.29 is 27.5 Å². The summed E-state index contributed by atoms with van der Waals surface area (Å²) in [5.41, 5.74) is 2.47. The highest BCUT2D eigenvalue weighted by molar-refractivity contribution is 5.82. The number of benzene rings is 1. The van der Waals surface area contributed by atoms with E-state index in [-0.39, 0.29) is 17.7 Å². The van der Waals surface area contributed by atoms with E-state index in [2.05, 4.69) is 5.48 Å². The van der Waals surface area contributed by atoms with Crippen molar-refractivity contribution >= 4 is 5.91 Å². The summed E-state index contributed by atoms with van der Waals surface area (Å²) in [5, 5.41) is 0. The number of hydroxylamine groups is 1. The first-order valence-electron chi connectivity index (χ1n) is 7.69. The van der Waals surface area contributed by atoms with Crippen LogP contribution in [0.3, 0.4) is 0 Å². The van der Waals surface area contributed by atoms with E-state index in [0.29, 0.717) is 13.0 Å². The van der Waals surface area contributed by atoms with Gasteiger partial charge >= 0.3 is 6.18 Å².